The lowest BCUT2D eigenvalue weighted by Gasteiger charge is -2.21. The molecule has 3 aromatic rings. The van der Waals surface area contributed by atoms with Gasteiger partial charge in [-0.3, -0.25) is 9.59 Å². The van der Waals surface area contributed by atoms with Gasteiger partial charge in [0, 0.05) is 49.1 Å². The maximum absolute atomic E-state index is 12.3. The molecule has 1 aromatic heterocycles. The Balaban J connectivity index is 1.56. The van der Waals surface area contributed by atoms with E-state index in [1.807, 2.05) is 48.5 Å². The molecule has 0 bridgehead atoms. The van der Waals surface area contributed by atoms with Crippen LogP contribution in [0.15, 0.2) is 65.5 Å². The molecule has 0 spiro atoms. The van der Waals surface area contributed by atoms with Gasteiger partial charge in [0.15, 0.2) is 0 Å². The van der Waals surface area contributed by atoms with Crippen LogP contribution in [-0.2, 0) is 11.3 Å². The van der Waals surface area contributed by atoms with Gasteiger partial charge in [-0.1, -0.05) is 12.1 Å². The molecule has 3 rings (SSSR count). The van der Waals surface area contributed by atoms with Crippen LogP contribution in [0, 0.1) is 0 Å². The van der Waals surface area contributed by atoms with Gasteiger partial charge >= 0.3 is 0 Å². The summed E-state index contributed by atoms with van der Waals surface area (Å²) in [5.74, 6) is 0.640. The van der Waals surface area contributed by atoms with Crippen LogP contribution in [0.1, 0.15) is 26.7 Å². The number of nitrogens with one attached hydrogen (secondary N) is 1. The number of carbonyl (C=O) groups excluding carboxylic acids is 1. The van der Waals surface area contributed by atoms with Gasteiger partial charge in [0.2, 0.25) is 5.91 Å². The summed E-state index contributed by atoms with van der Waals surface area (Å²) in [4.78, 5) is 26.8. The highest BCUT2D eigenvalue weighted by Crippen LogP contribution is 2.21. The van der Waals surface area contributed by atoms with Crippen LogP contribution in [0.3, 0.4) is 0 Å². The minimum absolute atomic E-state index is 0.0856. The van der Waals surface area contributed by atoms with Gasteiger partial charge in [-0.2, -0.15) is 5.10 Å². The standard InChI is InChI=1S/C25H30N4O3/c1-4-28(5-2)21-13-11-20(12-14-21)26-24(30)10-7-17-29-25(31)16-15-23(27-29)19-8-6-9-22(18-19)32-3/h6,8-9,11-16,18H,4-5,7,10,17H2,1-3H3,(H,26,30). The lowest BCUT2D eigenvalue weighted by atomic mass is 10.1. The van der Waals surface area contributed by atoms with Crippen LogP contribution in [0.4, 0.5) is 11.4 Å². The minimum Gasteiger partial charge on any atom is -0.497 e. The zero-order valence-corrected chi connectivity index (χ0v) is 18.9. The topological polar surface area (TPSA) is 76.5 Å². The molecular weight excluding hydrogens is 404 g/mol. The number of rotatable bonds is 10. The Kier molecular flexibility index (Phi) is 8.02. The first-order valence-corrected chi connectivity index (χ1v) is 10.9. The van der Waals surface area contributed by atoms with Crippen molar-refractivity contribution in [2.24, 2.45) is 0 Å². The highest BCUT2D eigenvalue weighted by molar-refractivity contribution is 5.90. The molecule has 0 saturated carbocycles. The van der Waals surface area contributed by atoms with Gasteiger partial charge in [0.1, 0.15) is 5.75 Å². The molecule has 0 aliphatic carbocycles. The molecule has 0 aliphatic heterocycles. The van der Waals surface area contributed by atoms with Crippen molar-refractivity contribution < 1.29 is 9.53 Å². The van der Waals surface area contributed by atoms with Crippen LogP contribution in [0.25, 0.3) is 11.3 Å². The van der Waals surface area contributed by atoms with Crippen LogP contribution >= 0.6 is 0 Å². The van der Waals surface area contributed by atoms with Crippen molar-refractivity contribution in [3.63, 3.8) is 0 Å². The summed E-state index contributed by atoms with van der Waals surface area (Å²) >= 11 is 0. The Morgan fingerprint density at radius 1 is 1.06 bits per heavy atom. The summed E-state index contributed by atoms with van der Waals surface area (Å²) in [5.41, 5.74) is 3.25. The number of hydrogen-bond donors (Lipinski definition) is 1. The van der Waals surface area contributed by atoms with Crippen molar-refractivity contribution >= 4 is 17.3 Å². The number of anilines is 2. The number of carbonyl (C=O) groups is 1. The second-order valence-electron chi connectivity index (χ2n) is 7.38. The smallest absolute Gasteiger partial charge is 0.266 e. The highest BCUT2D eigenvalue weighted by atomic mass is 16.5. The average molecular weight is 435 g/mol. The van der Waals surface area contributed by atoms with E-state index in [0.29, 0.717) is 25.1 Å². The predicted molar refractivity (Wildman–Crippen MR) is 128 cm³/mol. The summed E-state index contributed by atoms with van der Waals surface area (Å²) in [5, 5.41) is 7.37. The fourth-order valence-corrected chi connectivity index (χ4v) is 3.50. The van der Waals surface area contributed by atoms with Crippen LogP contribution in [-0.4, -0.2) is 35.9 Å². The lowest BCUT2D eigenvalue weighted by Crippen LogP contribution is -2.23. The summed E-state index contributed by atoms with van der Waals surface area (Å²) in [6.45, 7) is 6.48. The summed E-state index contributed by atoms with van der Waals surface area (Å²) < 4.78 is 6.66. The molecule has 0 atom stereocenters. The maximum atomic E-state index is 12.3. The fourth-order valence-electron chi connectivity index (χ4n) is 3.50. The molecule has 32 heavy (non-hydrogen) atoms. The molecule has 168 valence electrons. The van der Waals surface area contributed by atoms with Crippen molar-refractivity contribution in [3.05, 3.63) is 71.0 Å². The number of aryl methyl sites for hydroxylation is 1. The fraction of sp³-hybridized carbons (Fsp3) is 0.320. The summed E-state index contributed by atoms with van der Waals surface area (Å²) in [6.07, 6.45) is 0.813. The SMILES string of the molecule is CCN(CC)c1ccc(NC(=O)CCCn2nc(-c3cccc(OC)c3)ccc2=O)cc1. The van der Waals surface area contributed by atoms with E-state index < -0.39 is 0 Å². The average Bonchev–Trinajstić information content (AvgIpc) is 2.82. The number of benzene rings is 2. The molecule has 0 radical (unpaired) electrons. The zero-order chi connectivity index (χ0) is 22.9. The van der Waals surface area contributed by atoms with Gasteiger partial charge in [-0.25, -0.2) is 4.68 Å². The third-order valence-electron chi connectivity index (χ3n) is 5.29. The maximum Gasteiger partial charge on any atom is 0.266 e. The Bertz CT molecular complexity index is 1090. The first-order chi connectivity index (χ1) is 15.5. The number of amides is 1. The van der Waals surface area contributed by atoms with Gasteiger partial charge < -0.3 is 15.0 Å². The van der Waals surface area contributed by atoms with Gasteiger partial charge in [-0.15, -0.1) is 0 Å². The molecule has 0 unspecified atom stereocenters. The molecule has 0 saturated heterocycles. The predicted octanol–water partition coefficient (Wildman–Crippen LogP) is 4.18. The highest BCUT2D eigenvalue weighted by Gasteiger charge is 2.08. The van der Waals surface area contributed by atoms with E-state index in [1.54, 1.807) is 13.2 Å². The van der Waals surface area contributed by atoms with E-state index in [4.69, 9.17) is 4.74 Å². The van der Waals surface area contributed by atoms with Crippen molar-refractivity contribution in [2.75, 3.05) is 30.4 Å². The van der Waals surface area contributed by atoms with Crippen molar-refractivity contribution in [1.29, 1.82) is 0 Å². The monoisotopic (exact) mass is 434 g/mol. The third-order valence-corrected chi connectivity index (χ3v) is 5.29. The van der Waals surface area contributed by atoms with E-state index >= 15 is 0 Å². The molecule has 2 aromatic carbocycles. The van der Waals surface area contributed by atoms with E-state index in [2.05, 4.69) is 29.2 Å². The third kappa shape index (κ3) is 5.97. The molecule has 0 fully saturated rings. The first-order valence-electron chi connectivity index (χ1n) is 10.9. The van der Waals surface area contributed by atoms with Crippen molar-refractivity contribution in [1.82, 2.24) is 9.78 Å². The van der Waals surface area contributed by atoms with Crippen LogP contribution in [0.2, 0.25) is 0 Å². The summed E-state index contributed by atoms with van der Waals surface area (Å²) in [6, 6.07) is 18.6. The largest absolute Gasteiger partial charge is 0.497 e. The molecular formula is C25H30N4O3. The second kappa shape index (κ2) is 11.1. The minimum atomic E-state index is -0.191. The molecule has 1 amide bonds. The van der Waals surface area contributed by atoms with E-state index in [9.17, 15) is 9.59 Å². The van der Waals surface area contributed by atoms with E-state index in [-0.39, 0.29) is 11.5 Å². The first kappa shape index (κ1) is 23.1. The van der Waals surface area contributed by atoms with Gasteiger partial charge in [0.05, 0.1) is 12.8 Å². The van der Waals surface area contributed by atoms with E-state index in [1.165, 1.54) is 10.7 Å². The number of ether oxygens (including phenoxy) is 1. The number of methoxy groups -OCH3 is 1. The number of hydrogen-bond acceptors (Lipinski definition) is 5. The zero-order valence-electron chi connectivity index (χ0n) is 18.9. The second-order valence-corrected chi connectivity index (χ2v) is 7.38. The molecule has 1 N–H and O–H groups in total. The number of aromatic nitrogens is 2. The summed E-state index contributed by atoms with van der Waals surface area (Å²) in [7, 11) is 1.61. The normalized spacial score (nSPS) is 10.6. The Morgan fingerprint density at radius 2 is 1.81 bits per heavy atom. The lowest BCUT2D eigenvalue weighted by molar-refractivity contribution is -0.116. The Hall–Kier alpha value is -3.61. The van der Waals surface area contributed by atoms with Crippen LogP contribution < -0.4 is 20.5 Å². The van der Waals surface area contributed by atoms with Gasteiger partial charge in [0.25, 0.3) is 5.56 Å². The quantitative estimate of drug-likeness (QED) is 0.518. The molecule has 7 nitrogen and oxygen atoms in total. The van der Waals surface area contributed by atoms with E-state index in [0.717, 1.165) is 35.8 Å². The molecule has 1 heterocycles. The Morgan fingerprint density at radius 3 is 2.50 bits per heavy atom. The number of nitrogens with zero attached hydrogens (tertiary/aromatic N) is 3. The van der Waals surface area contributed by atoms with Crippen LogP contribution in [0.5, 0.6) is 5.75 Å². The van der Waals surface area contributed by atoms with Crippen molar-refractivity contribution in [2.45, 2.75) is 33.2 Å². The Labute approximate surface area is 188 Å². The van der Waals surface area contributed by atoms with Gasteiger partial charge in [-0.05, 0) is 62.7 Å². The molecule has 0 aliphatic rings. The molecule has 7 heteroatoms. The van der Waals surface area contributed by atoms with Crippen molar-refractivity contribution in [3.8, 4) is 17.0 Å².